The van der Waals surface area contributed by atoms with Gasteiger partial charge in [0.05, 0.1) is 18.4 Å². The maximum absolute atomic E-state index is 13.5. The molecule has 0 unspecified atom stereocenters. The van der Waals surface area contributed by atoms with Gasteiger partial charge in [0.1, 0.15) is 11.4 Å². The number of anilines is 2. The molecule has 0 bridgehead atoms. The van der Waals surface area contributed by atoms with Gasteiger partial charge in [0, 0.05) is 16.8 Å². The van der Waals surface area contributed by atoms with E-state index in [1.165, 1.54) is 4.90 Å². The molecule has 3 aromatic rings. The monoisotopic (exact) mass is 446 g/mol. The second kappa shape index (κ2) is 8.89. The van der Waals surface area contributed by atoms with E-state index in [4.69, 9.17) is 16.3 Å². The normalized spacial score (nSPS) is 13.8. The van der Waals surface area contributed by atoms with Crippen molar-refractivity contribution in [1.82, 2.24) is 0 Å². The summed E-state index contributed by atoms with van der Waals surface area (Å²) in [5.74, 6) is 0.184. The highest BCUT2D eigenvalue weighted by Gasteiger charge is 2.40. The third-order valence-electron chi connectivity index (χ3n) is 5.37. The Balaban J connectivity index is 1.78. The molecule has 0 aliphatic carbocycles. The molecule has 162 valence electrons. The minimum Gasteiger partial charge on any atom is -0.497 e. The Kier molecular flexibility index (Phi) is 6.01. The lowest BCUT2D eigenvalue weighted by Crippen LogP contribution is -2.32. The molecule has 0 aromatic heterocycles. The van der Waals surface area contributed by atoms with Crippen LogP contribution in [0, 0.1) is 0 Å². The largest absolute Gasteiger partial charge is 0.497 e. The van der Waals surface area contributed by atoms with E-state index in [0.717, 1.165) is 5.56 Å². The fourth-order valence-corrected chi connectivity index (χ4v) is 3.74. The number of nitrogens with zero attached hydrogens (tertiary/aromatic N) is 1. The molecule has 6 heteroatoms. The lowest BCUT2D eigenvalue weighted by molar-refractivity contribution is -0.120. The topological polar surface area (TPSA) is 58.6 Å². The van der Waals surface area contributed by atoms with Gasteiger partial charge in [-0.15, -0.1) is 0 Å². The van der Waals surface area contributed by atoms with Crippen LogP contribution in [0.5, 0.6) is 5.75 Å². The molecular formula is C26H23ClN2O3. The number of carbonyl (C=O) groups excluding carboxylic acids is 2. The first-order valence-electron chi connectivity index (χ1n) is 10.3. The first-order valence-corrected chi connectivity index (χ1v) is 10.7. The van der Waals surface area contributed by atoms with E-state index in [-0.39, 0.29) is 11.6 Å². The van der Waals surface area contributed by atoms with Gasteiger partial charge in [-0.05, 0) is 53.4 Å². The Bertz CT molecular complexity index is 1200. The summed E-state index contributed by atoms with van der Waals surface area (Å²) in [4.78, 5) is 28.2. The van der Waals surface area contributed by atoms with Crippen LogP contribution >= 0.6 is 11.6 Å². The lowest BCUT2D eigenvalue weighted by Gasteiger charge is -2.16. The summed E-state index contributed by atoms with van der Waals surface area (Å²) < 4.78 is 5.28. The highest BCUT2D eigenvalue weighted by Crippen LogP contribution is 2.35. The standard InChI is InChI=1S/C26H23ClN2O3/c1-16(2)17-9-13-21(14-10-17)29-25(30)23(18-7-11-19(27)12-8-18)24(26(29)31)28-20-5-4-6-22(15-20)32-3/h4-16,28H,1-3H3. The number of hydrogen-bond acceptors (Lipinski definition) is 4. The number of benzene rings is 3. The van der Waals surface area contributed by atoms with Crippen molar-refractivity contribution in [2.45, 2.75) is 19.8 Å². The zero-order valence-corrected chi connectivity index (χ0v) is 18.8. The molecule has 0 saturated carbocycles. The number of imide groups is 1. The zero-order chi connectivity index (χ0) is 22.8. The van der Waals surface area contributed by atoms with Crippen molar-refractivity contribution >= 4 is 40.4 Å². The molecule has 0 radical (unpaired) electrons. The van der Waals surface area contributed by atoms with Gasteiger partial charge in [-0.1, -0.05) is 55.8 Å². The number of ether oxygens (including phenoxy) is 1. The van der Waals surface area contributed by atoms with Gasteiger partial charge in [0.25, 0.3) is 11.8 Å². The van der Waals surface area contributed by atoms with Crippen LogP contribution < -0.4 is 15.0 Å². The third-order valence-corrected chi connectivity index (χ3v) is 5.63. The van der Waals surface area contributed by atoms with E-state index in [1.54, 1.807) is 49.6 Å². The van der Waals surface area contributed by atoms with E-state index in [1.807, 2.05) is 30.3 Å². The number of halogens is 1. The van der Waals surface area contributed by atoms with E-state index >= 15 is 0 Å². The summed E-state index contributed by atoms with van der Waals surface area (Å²) in [5.41, 5.74) is 3.41. The van der Waals surface area contributed by atoms with Gasteiger partial charge in [-0.25, -0.2) is 4.90 Å². The Morgan fingerprint density at radius 1 is 0.906 bits per heavy atom. The molecule has 32 heavy (non-hydrogen) atoms. The maximum atomic E-state index is 13.5. The molecule has 0 fully saturated rings. The molecule has 1 aliphatic heterocycles. The predicted octanol–water partition coefficient (Wildman–Crippen LogP) is 5.87. The van der Waals surface area contributed by atoms with Crippen LogP contribution in [0.3, 0.4) is 0 Å². The Labute approximate surface area is 192 Å². The average Bonchev–Trinajstić information content (AvgIpc) is 3.04. The first-order chi connectivity index (χ1) is 15.4. The fourth-order valence-electron chi connectivity index (χ4n) is 3.62. The van der Waals surface area contributed by atoms with Gasteiger partial charge < -0.3 is 10.1 Å². The highest BCUT2D eigenvalue weighted by molar-refractivity contribution is 6.46. The van der Waals surface area contributed by atoms with Crippen LogP contribution in [0.2, 0.25) is 5.02 Å². The van der Waals surface area contributed by atoms with Gasteiger partial charge in [-0.3, -0.25) is 9.59 Å². The van der Waals surface area contributed by atoms with Gasteiger partial charge in [0.15, 0.2) is 0 Å². The quantitative estimate of drug-likeness (QED) is 0.481. The Morgan fingerprint density at radius 3 is 2.22 bits per heavy atom. The molecule has 1 heterocycles. The number of rotatable bonds is 6. The number of amides is 2. The molecule has 0 atom stereocenters. The summed E-state index contributed by atoms with van der Waals surface area (Å²) in [5, 5.41) is 3.69. The average molecular weight is 447 g/mol. The van der Waals surface area contributed by atoms with Crippen molar-refractivity contribution in [3.8, 4) is 5.75 Å². The molecular weight excluding hydrogens is 424 g/mol. The second-order valence-corrected chi connectivity index (χ2v) is 8.24. The summed E-state index contributed by atoms with van der Waals surface area (Å²) in [6.07, 6.45) is 0. The number of hydrogen-bond donors (Lipinski definition) is 1. The van der Waals surface area contributed by atoms with Crippen molar-refractivity contribution in [2.24, 2.45) is 0 Å². The van der Waals surface area contributed by atoms with Crippen molar-refractivity contribution in [1.29, 1.82) is 0 Å². The van der Waals surface area contributed by atoms with Crippen molar-refractivity contribution in [2.75, 3.05) is 17.3 Å². The van der Waals surface area contributed by atoms with Gasteiger partial charge >= 0.3 is 0 Å². The third kappa shape index (κ3) is 4.12. The number of carbonyl (C=O) groups is 2. The SMILES string of the molecule is COc1cccc(NC2=C(c3ccc(Cl)cc3)C(=O)N(c3ccc(C(C)C)cc3)C2=O)c1. The first kappa shape index (κ1) is 21.7. The molecule has 0 saturated heterocycles. The van der Waals surface area contributed by atoms with Crippen LogP contribution in [-0.2, 0) is 9.59 Å². The number of nitrogens with one attached hydrogen (secondary N) is 1. The molecule has 2 amide bonds. The Hall–Kier alpha value is -3.57. The van der Waals surface area contributed by atoms with Crippen LogP contribution in [0.4, 0.5) is 11.4 Å². The van der Waals surface area contributed by atoms with Gasteiger partial charge in [0.2, 0.25) is 0 Å². The van der Waals surface area contributed by atoms with E-state index in [2.05, 4.69) is 19.2 Å². The van der Waals surface area contributed by atoms with Crippen LogP contribution in [0.25, 0.3) is 5.57 Å². The van der Waals surface area contributed by atoms with E-state index in [9.17, 15) is 9.59 Å². The molecule has 5 nitrogen and oxygen atoms in total. The summed E-state index contributed by atoms with van der Waals surface area (Å²) in [7, 11) is 1.57. The number of methoxy groups -OCH3 is 1. The fraction of sp³-hybridized carbons (Fsp3) is 0.154. The van der Waals surface area contributed by atoms with Gasteiger partial charge in [-0.2, -0.15) is 0 Å². The minimum absolute atomic E-state index is 0.207. The zero-order valence-electron chi connectivity index (χ0n) is 18.1. The highest BCUT2D eigenvalue weighted by atomic mass is 35.5. The molecule has 0 spiro atoms. The molecule has 3 aromatic carbocycles. The van der Waals surface area contributed by atoms with Crippen LogP contribution in [-0.4, -0.2) is 18.9 Å². The minimum atomic E-state index is -0.417. The van der Waals surface area contributed by atoms with Crippen molar-refractivity contribution < 1.29 is 14.3 Å². The van der Waals surface area contributed by atoms with Crippen LogP contribution in [0.15, 0.2) is 78.5 Å². The van der Waals surface area contributed by atoms with Crippen LogP contribution in [0.1, 0.15) is 30.9 Å². The summed E-state index contributed by atoms with van der Waals surface area (Å²) >= 11 is 6.04. The predicted molar refractivity (Wildman–Crippen MR) is 128 cm³/mol. The summed E-state index contributed by atoms with van der Waals surface area (Å²) in [6, 6.07) is 21.6. The van der Waals surface area contributed by atoms with E-state index < -0.39 is 5.91 Å². The van der Waals surface area contributed by atoms with Crippen molar-refractivity contribution in [3.63, 3.8) is 0 Å². The smallest absolute Gasteiger partial charge is 0.282 e. The lowest BCUT2D eigenvalue weighted by atomic mass is 10.0. The Morgan fingerprint density at radius 2 is 1.59 bits per heavy atom. The summed E-state index contributed by atoms with van der Waals surface area (Å²) in [6.45, 7) is 4.19. The maximum Gasteiger partial charge on any atom is 0.282 e. The molecule has 1 aliphatic rings. The second-order valence-electron chi connectivity index (χ2n) is 7.81. The van der Waals surface area contributed by atoms with Crippen molar-refractivity contribution in [3.05, 3.63) is 94.6 Å². The molecule has 4 rings (SSSR count). The van der Waals surface area contributed by atoms with E-state index in [0.29, 0.717) is 39.2 Å². The molecule has 1 N–H and O–H groups in total.